The molecule has 1 unspecified atom stereocenters. The molecule has 5 heteroatoms. The van der Waals surface area contributed by atoms with Crippen LogP contribution in [0.15, 0.2) is 66.7 Å². The summed E-state index contributed by atoms with van der Waals surface area (Å²) in [6.07, 6.45) is 9.23. The molecule has 0 amide bonds. The van der Waals surface area contributed by atoms with Crippen molar-refractivity contribution in [3.05, 3.63) is 83.4 Å². The van der Waals surface area contributed by atoms with Gasteiger partial charge in [-0.05, 0) is 67.1 Å². The molecule has 0 aliphatic rings. The van der Waals surface area contributed by atoms with Crippen LogP contribution in [0.4, 0.5) is 0 Å². The summed E-state index contributed by atoms with van der Waals surface area (Å²) >= 11 is 0. The molecule has 3 rings (SSSR count). The van der Waals surface area contributed by atoms with E-state index in [9.17, 15) is 14.7 Å². The Morgan fingerprint density at radius 2 is 1.61 bits per heavy atom. The Hall–Kier alpha value is -3.60. The topological polar surface area (TPSA) is 72.8 Å². The van der Waals surface area contributed by atoms with Gasteiger partial charge in [0.2, 0.25) is 0 Å². The standard InChI is InChI=1S/C33H40O5/c1-4-7-8-12-17-27(14-6-3)37-28-19-21-29(24-15-10-9-11-16-24)31(23-28)38-33(36)26-18-20-30(32(34)35)25(22-26)13-5-2/h9-11,15-16,18-23,27H,4-8,12-14,17H2,1-3H3,(H,34,35). The van der Waals surface area contributed by atoms with E-state index in [1.807, 2.05) is 49.4 Å². The van der Waals surface area contributed by atoms with Gasteiger partial charge in [-0.15, -0.1) is 0 Å². The number of carboxylic acid groups (broad SMARTS) is 1. The van der Waals surface area contributed by atoms with Gasteiger partial charge in [-0.2, -0.15) is 0 Å². The van der Waals surface area contributed by atoms with Crippen molar-refractivity contribution in [1.82, 2.24) is 0 Å². The van der Waals surface area contributed by atoms with Gasteiger partial charge in [0.15, 0.2) is 0 Å². The Labute approximate surface area is 226 Å². The molecular weight excluding hydrogens is 476 g/mol. The van der Waals surface area contributed by atoms with E-state index in [-0.39, 0.29) is 11.7 Å². The number of esters is 1. The highest BCUT2D eigenvalue weighted by Gasteiger charge is 2.18. The number of carbonyl (C=O) groups is 2. The molecule has 1 N–H and O–H groups in total. The molecule has 202 valence electrons. The minimum Gasteiger partial charge on any atom is -0.490 e. The lowest BCUT2D eigenvalue weighted by molar-refractivity contribution is 0.0690. The summed E-state index contributed by atoms with van der Waals surface area (Å²) in [6, 6.07) is 20.1. The summed E-state index contributed by atoms with van der Waals surface area (Å²) in [4.78, 5) is 24.9. The van der Waals surface area contributed by atoms with E-state index in [0.717, 1.165) is 43.2 Å². The van der Waals surface area contributed by atoms with Crippen LogP contribution < -0.4 is 9.47 Å². The number of aryl methyl sites for hydroxylation is 1. The smallest absolute Gasteiger partial charge is 0.343 e. The first-order chi connectivity index (χ1) is 18.5. The van der Waals surface area contributed by atoms with E-state index in [0.29, 0.717) is 29.0 Å². The van der Waals surface area contributed by atoms with Crippen LogP contribution in [-0.4, -0.2) is 23.1 Å². The maximum absolute atomic E-state index is 13.3. The average Bonchev–Trinajstić information content (AvgIpc) is 2.92. The highest BCUT2D eigenvalue weighted by Crippen LogP contribution is 2.35. The Bertz CT molecular complexity index is 1190. The van der Waals surface area contributed by atoms with Crippen LogP contribution in [0.25, 0.3) is 11.1 Å². The fourth-order valence-corrected chi connectivity index (χ4v) is 4.66. The third-order valence-electron chi connectivity index (χ3n) is 6.62. The summed E-state index contributed by atoms with van der Waals surface area (Å²) in [5.41, 5.74) is 2.88. The molecule has 0 bridgehead atoms. The van der Waals surface area contributed by atoms with Crippen molar-refractivity contribution >= 4 is 11.9 Å². The van der Waals surface area contributed by atoms with E-state index in [4.69, 9.17) is 9.47 Å². The zero-order valence-electron chi connectivity index (χ0n) is 22.9. The van der Waals surface area contributed by atoms with Crippen molar-refractivity contribution in [2.75, 3.05) is 0 Å². The van der Waals surface area contributed by atoms with Crippen LogP contribution in [0.2, 0.25) is 0 Å². The fourth-order valence-electron chi connectivity index (χ4n) is 4.66. The number of hydrogen-bond acceptors (Lipinski definition) is 4. The molecule has 5 nitrogen and oxygen atoms in total. The molecule has 0 spiro atoms. The van der Waals surface area contributed by atoms with Gasteiger partial charge in [0.05, 0.1) is 17.2 Å². The van der Waals surface area contributed by atoms with E-state index in [1.54, 1.807) is 12.1 Å². The molecular formula is C33H40O5. The number of ether oxygens (including phenoxy) is 2. The first kappa shape index (κ1) is 29.0. The molecule has 0 aliphatic heterocycles. The van der Waals surface area contributed by atoms with Gasteiger partial charge < -0.3 is 14.6 Å². The largest absolute Gasteiger partial charge is 0.490 e. The Morgan fingerprint density at radius 3 is 2.29 bits per heavy atom. The maximum atomic E-state index is 13.3. The van der Waals surface area contributed by atoms with Crippen molar-refractivity contribution in [3.8, 4) is 22.6 Å². The average molecular weight is 517 g/mol. The molecule has 3 aromatic carbocycles. The highest BCUT2D eigenvalue weighted by molar-refractivity contribution is 5.95. The second kappa shape index (κ2) is 15.0. The number of carbonyl (C=O) groups excluding carboxylic acids is 1. The minimum absolute atomic E-state index is 0.114. The number of unbranched alkanes of at least 4 members (excludes halogenated alkanes) is 3. The quantitative estimate of drug-likeness (QED) is 0.124. The number of aromatic carboxylic acids is 1. The zero-order valence-corrected chi connectivity index (χ0v) is 22.9. The van der Waals surface area contributed by atoms with E-state index >= 15 is 0 Å². The lowest BCUT2D eigenvalue weighted by Crippen LogP contribution is -2.16. The van der Waals surface area contributed by atoms with Crippen molar-refractivity contribution in [2.24, 2.45) is 0 Å². The van der Waals surface area contributed by atoms with Crippen LogP contribution in [0, 0.1) is 0 Å². The summed E-state index contributed by atoms with van der Waals surface area (Å²) in [7, 11) is 0. The maximum Gasteiger partial charge on any atom is 0.343 e. The van der Waals surface area contributed by atoms with Gasteiger partial charge in [-0.3, -0.25) is 0 Å². The molecule has 3 aromatic rings. The number of rotatable bonds is 15. The molecule has 0 aromatic heterocycles. The molecule has 0 saturated carbocycles. The second-order valence-electron chi connectivity index (χ2n) is 9.72. The van der Waals surface area contributed by atoms with Crippen LogP contribution >= 0.6 is 0 Å². The highest BCUT2D eigenvalue weighted by atomic mass is 16.5. The lowest BCUT2D eigenvalue weighted by Gasteiger charge is -2.20. The number of carboxylic acids is 1. The molecule has 38 heavy (non-hydrogen) atoms. The van der Waals surface area contributed by atoms with Gasteiger partial charge in [-0.1, -0.05) is 83.2 Å². The first-order valence-corrected chi connectivity index (χ1v) is 13.9. The predicted octanol–water partition coefficient (Wildman–Crippen LogP) is 8.74. The SMILES string of the molecule is CCCCCCC(CCC)Oc1ccc(-c2ccccc2)c(OC(=O)c2ccc(C(=O)O)c(CCC)c2)c1. The zero-order chi connectivity index (χ0) is 27.3. The normalized spacial score (nSPS) is 11.7. The van der Waals surface area contributed by atoms with E-state index in [2.05, 4.69) is 13.8 Å². The van der Waals surface area contributed by atoms with Gasteiger partial charge >= 0.3 is 11.9 Å². The summed E-state index contributed by atoms with van der Waals surface area (Å²) in [5, 5.41) is 9.51. The Balaban J connectivity index is 1.89. The van der Waals surface area contributed by atoms with Crippen LogP contribution in [-0.2, 0) is 6.42 Å². The minimum atomic E-state index is -0.999. The van der Waals surface area contributed by atoms with E-state index < -0.39 is 11.9 Å². The first-order valence-electron chi connectivity index (χ1n) is 13.9. The van der Waals surface area contributed by atoms with Crippen molar-refractivity contribution < 1.29 is 24.2 Å². The van der Waals surface area contributed by atoms with Gasteiger partial charge in [-0.25, -0.2) is 9.59 Å². The van der Waals surface area contributed by atoms with E-state index in [1.165, 1.54) is 31.4 Å². The van der Waals surface area contributed by atoms with Gasteiger partial charge in [0, 0.05) is 11.6 Å². The van der Waals surface area contributed by atoms with Crippen LogP contribution in [0.5, 0.6) is 11.5 Å². The monoisotopic (exact) mass is 516 g/mol. The molecule has 1 atom stereocenters. The molecule has 0 fully saturated rings. The van der Waals surface area contributed by atoms with Crippen molar-refractivity contribution in [2.45, 2.75) is 84.7 Å². The molecule has 0 aliphatic carbocycles. The van der Waals surface area contributed by atoms with Crippen LogP contribution in [0.1, 0.15) is 98.4 Å². The second-order valence-corrected chi connectivity index (χ2v) is 9.72. The third kappa shape index (κ3) is 8.20. The van der Waals surface area contributed by atoms with Crippen molar-refractivity contribution in [1.29, 1.82) is 0 Å². The molecule has 0 saturated heterocycles. The third-order valence-corrected chi connectivity index (χ3v) is 6.62. The molecule has 0 radical (unpaired) electrons. The number of benzene rings is 3. The fraction of sp³-hybridized carbons (Fsp3) is 0.394. The number of hydrogen-bond donors (Lipinski definition) is 1. The summed E-state index contributed by atoms with van der Waals surface area (Å²) in [6.45, 7) is 6.35. The van der Waals surface area contributed by atoms with Crippen LogP contribution in [0.3, 0.4) is 0 Å². The van der Waals surface area contributed by atoms with Gasteiger partial charge in [0.1, 0.15) is 11.5 Å². The Morgan fingerprint density at radius 1 is 0.816 bits per heavy atom. The summed E-state index contributed by atoms with van der Waals surface area (Å²) in [5.74, 6) is -0.437. The Kier molecular flexibility index (Phi) is 11.4. The lowest BCUT2D eigenvalue weighted by atomic mass is 10.00. The molecule has 0 heterocycles. The van der Waals surface area contributed by atoms with Gasteiger partial charge in [0.25, 0.3) is 0 Å². The predicted molar refractivity (Wildman–Crippen MR) is 152 cm³/mol. The summed E-state index contributed by atoms with van der Waals surface area (Å²) < 4.78 is 12.3. The van der Waals surface area contributed by atoms with Crippen molar-refractivity contribution in [3.63, 3.8) is 0 Å².